The van der Waals surface area contributed by atoms with Crippen LogP contribution in [0.25, 0.3) is 0 Å². The van der Waals surface area contributed by atoms with Crippen molar-refractivity contribution in [1.82, 2.24) is 0 Å². The maximum absolute atomic E-state index is 9.25. The summed E-state index contributed by atoms with van der Waals surface area (Å²) in [7, 11) is 0. The molecular weight excluding hydrogens is 244 g/mol. The number of aliphatic hydroxyl groups is 3. The zero-order valence-corrected chi connectivity index (χ0v) is 10.4. The molecule has 18 heavy (non-hydrogen) atoms. The zero-order valence-electron chi connectivity index (χ0n) is 10.4. The highest BCUT2D eigenvalue weighted by Gasteiger charge is 2.03. The van der Waals surface area contributed by atoms with Crippen LogP contribution in [0.1, 0.15) is 19.8 Å². The molecule has 0 radical (unpaired) electrons. The van der Waals surface area contributed by atoms with Crippen LogP contribution in [-0.4, -0.2) is 57.3 Å². The van der Waals surface area contributed by atoms with Gasteiger partial charge in [-0.3, -0.25) is 4.79 Å². The first-order valence-electron chi connectivity index (χ1n) is 5.23. The maximum atomic E-state index is 9.25. The fourth-order valence-electron chi connectivity index (χ4n) is 0.620. The Kier molecular flexibility index (Phi) is 21.7. The molecule has 0 saturated heterocycles. The quantitative estimate of drug-likeness (QED) is 0.417. The smallest absolute Gasteiger partial charge is 0.327 e. The number of carboxylic acid groups (broad SMARTS) is 2. The normalized spacial score (nSPS) is 8.50. The van der Waals surface area contributed by atoms with Crippen LogP contribution in [-0.2, 0) is 9.59 Å². The lowest BCUT2D eigenvalue weighted by atomic mass is 10.1. The Balaban J connectivity index is -0.000000212. The molecule has 108 valence electrons. The molecule has 0 amide bonds. The summed E-state index contributed by atoms with van der Waals surface area (Å²) in [4.78, 5) is 18.2. The fourth-order valence-corrected chi connectivity index (χ4v) is 0.620. The molecule has 7 heteroatoms. The summed E-state index contributed by atoms with van der Waals surface area (Å²) >= 11 is 0. The van der Waals surface area contributed by atoms with Crippen LogP contribution in [0.5, 0.6) is 0 Å². The van der Waals surface area contributed by atoms with Crippen LogP contribution in [0.2, 0.25) is 0 Å². The van der Waals surface area contributed by atoms with E-state index >= 15 is 0 Å². The topological polar surface area (TPSA) is 135 Å². The number of carbonyl (C=O) groups is 2. The van der Waals surface area contributed by atoms with Gasteiger partial charge in [-0.2, -0.15) is 0 Å². The van der Waals surface area contributed by atoms with Crippen LogP contribution in [0.4, 0.5) is 0 Å². The van der Waals surface area contributed by atoms with E-state index < -0.39 is 11.9 Å². The molecule has 0 aromatic carbocycles. The van der Waals surface area contributed by atoms with Gasteiger partial charge in [0.25, 0.3) is 5.97 Å². The van der Waals surface area contributed by atoms with Crippen molar-refractivity contribution in [3.05, 3.63) is 12.7 Å². The minimum Gasteiger partial charge on any atom is -0.481 e. The first-order chi connectivity index (χ1) is 8.35. The van der Waals surface area contributed by atoms with Gasteiger partial charge in [-0.1, -0.05) is 6.58 Å². The number of hydrogen-bond acceptors (Lipinski definition) is 5. The molecule has 0 aliphatic carbocycles. The highest BCUT2D eigenvalue weighted by atomic mass is 16.4. The zero-order chi connectivity index (χ0) is 15.0. The van der Waals surface area contributed by atoms with Gasteiger partial charge in [-0.15, -0.1) is 0 Å². The van der Waals surface area contributed by atoms with Crippen molar-refractivity contribution in [2.24, 2.45) is 5.92 Å². The Labute approximate surface area is 106 Å². The van der Waals surface area contributed by atoms with E-state index in [0.717, 1.165) is 13.0 Å². The SMILES string of the molecule is C=CC(=O)O.CC(=O)O.OCCCC(CO)CO. The lowest BCUT2D eigenvalue weighted by molar-refractivity contribution is -0.134. The predicted molar refractivity (Wildman–Crippen MR) is 65.1 cm³/mol. The summed E-state index contributed by atoms with van der Waals surface area (Å²) in [6.45, 7) is 4.20. The molecular formula is C11H22O7. The minimum absolute atomic E-state index is 0.0104. The van der Waals surface area contributed by atoms with Crippen molar-refractivity contribution >= 4 is 11.9 Å². The van der Waals surface area contributed by atoms with E-state index in [0.29, 0.717) is 12.8 Å². The molecule has 0 saturated carbocycles. The minimum atomic E-state index is -0.981. The van der Waals surface area contributed by atoms with E-state index in [2.05, 4.69) is 6.58 Å². The highest BCUT2D eigenvalue weighted by Crippen LogP contribution is 2.02. The van der Waals surface area contributed by atoms with Gasteiger partial charge >= 0.3 is 5.97 Å². The van der Waals surface area contributed by atoms with Gasteiger partial charge in [0.05, 0.1) is 0 Å². The monoisotopic (exact) mass is 266 g/mol. The van der Waals surface area contributed by atoms with E-state index in [4.69, 9.17) is 30.3 Å². The van der Waals surface area contributed by atoms with Crippen LogP contribution in [0, 0.1) is 5.92 Å². The third-order valence-electron chi connectivity index (χ3n) is 1.46. The van der Waals surface area contributed by atoms with Gasteiger partial charge in [-0.05, 0) is 12.8 Å². The largest absolute Gasteiger partial charge is 0.481 e. The predicted octanol–water partition coefficient (Wildman–Crippen LogP) is -0.292. The average Bonchev–Trinajstić information content (AvgIpc) is 2.30. The lowest BCUT2D eigenvalue weighted by Gasteiger charge is -2.07. The average molecular weight is 266 g/mol. The summed E-state index contributed by atoms with van der Waals surface area (Å²) in [5.41, 5.74) is 0. The van der Waals surface area contributed by atoms with E-state index in [-0.39, 0.29) is 25.7 Å². The number of aliphatic carboxylic acids is 2. The Hall–Kier alpha value is -1.44. The summed E-state index contributed by atoms with van der Waals surface area (Å²) in [6, 6.07) is 0. The molecule has 0 rings (SSSR count). The van der Waals surface area contributed by atoms with Crippen LogP contribution in [0.3, 0.4) is 0 Å². The van der Waals surface area contributed by atoms with Crippen LogP contribution >= 0.6 is 0 Å². The number of hydrogen-bond donors (Lipinski definition) is 5. The molecule has 5 N–H and O–H groups in total. The Morgan fingerprint density at radius 1 is 1.17 bits per heavy atom. The second-order valence-corrected chi connectivity index (χ2v) is 3.16. The van der Waals surface area contributed by atoms with E-state index in [9.17, 15) is 4.79 Å². The van der Waals surface area contributed by atoms with Crippen molar-refractivity contribution in [3.63, 3.8) is 0 Å². The van der Waals surface area contributed by atoms with Gasteiger partial charge in [0, 0.05) is 38.7 Å². The Morgan fingerprint density at radius 2 is 1.50 bits per heavy atom. The van der Waals surface area contributed by atoms with Crippen LogP contribution in [0.15, 0.2) is 12.7 Å². The molecule has 0 unspecified atom stereocenters. The number of aliphatic hydroxyl groups excluding tert-OH is 3. The van der Waals surface area contributed by atoms with Gasteiger partial charge < -0.3 is 25.5 Å². The van der Waals surface area contributed by atoms with E-state index in [1.54, 1.807) is 0 Å². The summed E-state index contributed by atoms with van der Waals surface area (Å²) in [6.07, 6.45) is 2.19. The maximum Gasteiger partial charge on any atom is 0.327 e. The van der Waals surface area contributed by atoms with Crippen molar-refractivity contribution in [3.8, 4) is 0 Å². The standard InChI is InChI=1S/C6H14O3.C3H4O2.C2H4O2/c7-3-1-2-6(4-8)5-9;1-2-3(4)5;1-2(3)4/h6-9H,1-5H2;2H,1H2,(H,4,5);1H3,(H,3,4). The number of rotatable bonds is 6. The fraction of sp³-hybridized carbons (Fsp3) is 0.636. The van der Waals surface area contributed by atoms with Gasteiger partial charge in [0.1, 0.15) is 0 Å². The second kappa shape index (κ2) is 17.9. The second-order valence-electron chi connectivity index (χ2n) is 3.16. The van der Waals surface area contributed by atoms with Crippen molar-refractivity contribution in [1.29, 1.82) is 0 Å². The Morgan fingerprint density at radius 3 is 1.67 bits per heavy atom. The molecule has 0 aliphatic rings. The van der Waals surface area contributed by atoms with Crippen molar-refractivity contribution in [2.75, 3.05) is 19.8 Å². The number of carboxylic acids is 2. The van der Waals surface area contributed by atoms with Crippen molar-refractivity contribution < 1.29 is 35.1 Å². The van der Waals surface area contributed by atoms with Gasteiger partial charge in [-0.25, -0.2) is 4.79 Å². The van der Waals surface area contributed by atoms with E-state index in [1.165, 1.54) is 0 Å². The Bertz CT molecular complexity index is 207. The first kappa shape index (κ1) is 21.8. The van der Waals surface area contributed by atoms with E-state index in [1.807, 2.05) is 0 Å². The molecule has 0 spiro atoms. The van der Waals surface area contributed by atoms with Gasteiger partial charge in [0.15, 0.2) is 0 Å². The summed E-state index contributed by atoms with van der Waals surface area (Å²) in [5.74, 6) is -1.86. The van der Waals surface area contributed by atoms with Crippen LogP contribution < -0.4 is 0 Å². The molecule has 0 heterocycles. The lowest BCUT2D eigenvalue weighted by Crippen LogP contribution is -2.11. The molecule has 0 fully saturated rings. The third kappa shape index (κ3) is 36.5. The molecule has 0 aliphatic heterocycles. The molecule has 0 aromatic rings. The molecule has 0 bridgehead atoms. The highest BCUT2D eigenvalue weighted by molar-refractivity contribution is 5.78. The first-order valence-corrected chi connectivity index (χ1v) is 5.23. The summed E-state index contributed by atoms with van der Waals surface area (Å²) in [5, 5.41) is 40.4. The third-order valence-corrected chi connectivity index (χ3v) is 1.46. The molecule has 7 nitrogen and oxygen atoms in total. The van der Waals surface area contributed by atoms with Gasteiger partial charge in [0.2, 0.25) is 0 Å². The van der Waals surface area contributed by atoms with Crippen molar-refractivity contribution in [2.45, 2.75) is 19.8 Å². The molecule has 0 atom stereocenters. The molecule has 0 aromatic heterocycles. The summed E-state index contributed by atoms with van der Waals surface area (Å²) < 4.78 is 0.